The summed E-state index contributed by atoms with van der Waals surface area (Å²) in [5.74, 6) is 0.522. The van der Waals surface area contributed by atoms with Gasteiger partial charge in [0.15, 0.2) is 0 Å². The Labute approximate surface area is 156 Å². The lowest BCUT2D eigenvalue weighted by Gasteiger charge is -2.08. The van der Waals surface area contributed by atoms with Crippen molar-refractivity contribution in [3.63, 3.8) is 0 Å². The van der Waals surface area contributed by atoms with Crippen molar-refractivity contribution < 1.29 is 4.79 Å². The standard InChI is InChI=1S/C18H19ClN6O/c19-15-4-3-5-16(10-15)24-18(26)14-6-7-17(21-11-14)20-8-1-2-9-25-12-22-23-13-25/h3-7,10-13H,1-2,8-9H2,(H,20,21)(H,24,26). The van der Waals surface area contributed by atoms with Gasteiger partial charge in [-0.05, 0) is 43.2 Å². The van der Waals surface area contributed by atoms with Crippen molar-refractivity contribution in [1.82, 2.24) is 19.7 Å². The van der Waals surface area contributed by atoms with Crippen LogP contribution in [-0.2, 0) is 6.54 Å². The second-order valence-corrected chi connectivity index (χ2v) is 6.17. The predicted molar refractivity (Wildman–Crippen MR) is 101 cm³/mol. The fourth-order valence-electron chi connectivity index (χ4n) is 2.38. The van der Waals surface area contributed by atoms with Crippen molar-refractivity contribution in [2.45, 2.75) is 19.4 Å². The number of aryl methyl sites for hydroxylation is 1. The van der Waals surface area contributed by atoms with Crippen LogP contribution in [0.25, 0.3) is 0 Å². The number of pyridine rings is 1. The van der Waals surface area contributed by atoms with E-state index in [1.165, 1.54) is 0 Å². The summed E-state index contributed by atoms with van der Waals surface area (Å²) in [6.45, 7) is 1.70. The van der Waals surface area contributed by atoms with Gasteiger partial charge in [0.25, 0.3) is 5.91 Å². The second kappa shape index (κ2) is 8.96. The van der Waals surface area contributed by atoms with Gasteiger partial charge in [0, 0.05) is 30.0 Å². The van der Waals surface area contributed by atoms with Crippen molar-refractivity contribution in [2.24, 2.45) is 0 Å². The normalized spacial score (nSPS) is 10.5. The highest BCUT2D eigenvalue weighted by molar-refractivity contribution is 6.30. The highest BCUT2D eigenvalue weighted by Crippen LogP contribution is 2.16. The minimum absolute atomic E-state index is 0.222. The number of amides is 1. The summed E-state index contributed by atoms with van der Waals surface area (Å²) in [5.41, 5.74) is 1.14. The maximum Gasteiger partial charge on any atom is 0.257 e. The molecule has 0 aliphatic carbocycles. The first-order valence-electron chi connectivity index (χ1n) is 8.30. The van der Waals surface area contributed by atoms with Gasteiger partial charge in [-0.1, -0.05) is 17.7 Å². The van der Waals surface area contributed by atoms with Gasteiger partial charge in [-0.15, -0.1) is 10.2 Å². The van der Waals surface area contributed by atoms with Gasteiger partial charge in [-0.25, -0.2) is 4.98 Å². The molecule has 0 unspecified atom stereocenters. The summed E-state index contributed by atoms with van der Waals surface area (Å²) < 4.78 is 1.95. The topological polar surface area (TPSA) is 84.7 Å². The number of nitrogens with one attached hydrogen (secondary N) is 2. The van der Waals surface area contributed by atoms with Crippen LogP contribution in [0.4, 0.5) is 11.5 Å². The zero-order chi connectivity index (χ0) is 18.2. The van der Waals surface area contributed by atoms with Gasteiger partial charge >= 0.3 is 0 Å². The van der Waals surface area contributed by atoms with Crippen LogP contribution in [0, 0.1) is 0 Å². The van der Waals surface area contributed by atoms with E-state index in [4.69, 9.17) is 11.6 Å². The lowest BCUT2D eigenvalue weighted by molar-refractivity contribution is 0.102. The molecule has 7 nitrogen and oxygen atoms in total. The average molecular weight is 371 g/mol. The largest absolute Gasteiger partial charge is 0.370 e. The fraction of sp³-hybridized carbons (Fsp3) is 0.222. The quantitative estimate of drug-likeness (QED) is 0.593. The summed E-state index contributed by atoms with van der Waals surface area (Å²) in [7, 11) is 0. The molecular weight excluding hydrogens is 352 g/mol. The van der Waals surface area contributed by atoms with Gasteiger partial charge < -0.3 is 15.2 Å². The lowest BCUT2D eigenvalue weighted by Crippen LogP contribution is -2.12. The highest BCUT2D eigenvalue weighted by Gasteiger charge is 2.07. The molecule has 134 valence electrons. The van der Waals surface area contributed by atoms with E-state index in [9.17, 15) is 4.79 Å². The van der Waals surface area contributed by atoms with Crippen molar-refractivity contribution in [1.29, 1.82) is 0 Å². The monoisotopic (exact) mass is 370 g/mol. The second-order valence-electron chi connectivity index (χ2n) is 5.73. The molecule has 1 amide bonds. The third kappa shape index (κ3) is 5.29. The molecule has 0 radical (unpaired) electrons. The van der Waals surface area contributed by atoms with Crippen molar-refractivity contribution in [3.05, 3.63) is 65.8 Å². The van der Waals surface area contributed by atoms with Crippen LogP contribution in [0.3, 0.4) is 0 Å². The molecule has 2 aromatic heterocycles. The Morgan fingerprint density at radius 1 is 1.12 bits per heavy atom. The summed E-state index contributed by atoms with van der Waals surface area (Å²) in [6, 6.07) is 10.6. The van der Waals surface area contributed by atoms with Crippen LogP contribution in [-0.4, -0.2) is 32.2 Å². The Bertz CT molecular complexity index is 835. The minimum Gasteiger partial charge on any atom is -0.370 e. The number of benzene rings is 1. The van der Waals surface area contributed by atoms with Gasteiger partial charge in [0.05, 0.1) is 5.56 Å². The molecule has 0 saturated carbocycles. The van der Waals surface area contributed by atoms with Gasteiger partial charge in [-0.2, -0.15) is 0 Å². The molecular formula is C18H19ClN6O. The first kappa shape index (κ1) is 17.9. The van der Waals surface area contributed by atoms with Crippen molar-refractivity contribution in [2.75, 3.05) is 17.2 Å². The summed E-state index contributed by atoms with van der Waals surface area (Å²) in [4.78, 5) is 16.5. The van der Waals surface area contributed by atoms with E-state index in [1.54, 1.807) is 55.2 Å². The number of rotatable bonds is 8. The molecule has 0 bridgehead atoms. The molecule has 3 aromatic rings. The molecule has 8 heteroatoms. The first-order chi connectivity index (χ1) is 12.7. The molecule has 3 rings (SSSR count). The Morgan fingerprint density at radius 3 is 2.69 bits per heavy atom. The number of carbonyl (C=O) groups excluding carboxylic acids is 1. The van der Waals surface area contributed by atoms with E-state index < -0.39 is 0 Å². The number of carbonyl (C=O) groups is 1. The SMILES string of the molecule is O=C(Nc1cccc(Cl)c1)c1ccc(NCCCCn2cnnc2)nc1. The van der Waals surface area contributed by atoms with E-state index in [2.05, 4.69) is 25.8 Å². The highest BCUT2D eigenvalue weighted by atomic mass is 35.5. The van der Waals surface area contributed by atoms with Gasteiger partial charge in [-0.3, -0.25) is 4.79 Å². The first-order valence-corrected chi connectivity index (χ1v) is 8.68. The number of hydrogen-bond donors (Lipinski definition) is 2. The molecule has 0 atom stereocenters. The number of nitrogens with zero attached hydrogens (tertiary/aromatic N) is 4. The Kier molecular flexibility index (Phi) is 6.16. The maximum absolute atomic E-state index is 12.2. The summed E-state index contributed by atoms with van der Waals surface area (Å²) >= 11 is 5.92. The third-order valence-electron chi connectivity index (χ3n) is 3.72. The number of unbranched alkanes of at least 4 members (excludes halogenated alkanes) is 1. The zero-order valence-electron chi connectivity index (χ0n) is 14.1. The average Bonchev–Trinajstić information content (AvgIpc) is 3.15. The molecule has 2 N–H and O–H groups in total. The molecule has 0 spiro atoms. The van der Waals surface area contributed by atoms with Crippen LogP contribution in [0.1, 0.15) is 23.2 Å². The number of aromatic nitrogens is 4. The van der Waals surface area contributed by atoms with Crippen molar-refractivity contribution >= 4 is 29.0 Å². The number of hydrogen-bond acceptors (Lipinski definition) is 5. The van der Waals surface area contributed by atoms with Crippen LogP contribution in [0.2, 0.25) is 5.02 Å². The minimum atomic E-state index is -0.222. The van der Waals surface area contributed by atoms with Gasteiger partial charge in [0.2, 0.25) is 0 Å². The summed E-state index contributed by atoms with van der Waals surface area (Å²) in [5, 5.41) is 14.2. The molecule has 1 aromatic carbocycles. The Hall–Kier alpha value is -2.93. The van der Waals surface area contributed by atoms with Crippen LogP contribution in [0.5, 0.6) is 0 Å². The van der Waals surface area contributed by atoms with Crippen molar-refractivity contribution in [3.8, 4) is 0 Å². The molecule has 0 aliphatic rings. The fourth-order valence-corrected chi connectivity index (χ4v) is 2.57. The molecule has 0 saturated heterocycles. The summed E-state index contributed by atoms with van der Waals surface area (Å²) in [6.07, 6.45) is 6.99. The predicted octanol–water partition coefficient (Wildman–Crippen LogP) is 3.47. The van der Waals surface area contributed by atoms with E-state index in [-0.39, 0.29) is 5.91 Å². The van der Waals surface area contributed by atoms with E-state index in [0.717, 1.165) is 31.7 Å². The Balaban J connectivity index is 1.43. The molecule has 2 heterocycles. The maximum atomic E-state index is 12.2. The molecule has 0 aliphatic heterocycles. The van der Waals surface area contributed by atoms with E-state index >= 15 is 0 Å². The lowest BCUT2D eigenvalue weighted by atomic mass is 10.2. The number of anilines is 2. The van der Waals surface area contributed by atoms with E-state index in [1.807, 2.05) is 4.57 Å². The van der Waals surface area contributed by atoms with Crippen LogP contribution < -0.4 is 10.6 Å². The van der Waals surface area contributed by atoms with Gasteiger partial charge in [0.1, 0.15) is 18.5 Å². The smallest absolute Gasteiger partial charge is 0.257 e. The molecule has 0 fully saturated rings. The molecule has 26 heavy (non-hydrogen) atoms. The number of halogens is 1. The van der Waals surface area contributed by atoms with Crippen LogP contribution in [0.15, 0.2) is 55.2 Å². The Morgan fingerprint density at radius 2 is 1.96 bits per heavy atom. The van der Waals surface area contributed by atoms with E-state index in [0.29, 0.717) is 16.3 Å². The van der Waals surface area contributed by atoms with Crippen LogP contribution >= 0.6 is 11.6 Å². The third-order valence-corrected chi connectivity index (χ3v) is 3.96. The zero-order valence-corrected chi connectivity index (χ0v) is 14.9.